The molecule has 0 radical (unpaired) electrons. The number of rotatable bonds is 1. The van der Waals surface area contributed by atoms with Gasteiger partial charge in [-0.25, -0.2) is 4.98 Å². The number of hydrogen-bond donors (Lipinski definition) is 2. The molecular weight excluding hydrogens is 496 g/mol. The van der Waals surface area contributed by atoms with Crippen molar-refractivity contribution in [3.05, 3.63) is 55.2 Å². The Balaban J connectivity index is 1.57. The zero-order chi connectivity index (χ0) is 25.2. The van der Waals surface area contributed by atoms with E-state index in [0.717, 1.165) is 79.0 Å². The second kappa shape index (κ2) is 8.29. The lowest BCUT2D eigenvalue weighted by Gasteiger charge is -2.21. The number of hydrogen-bond acceptors (Lipinski definition) is 7. The fourth-order valence-electron chi connectivity index (χ4n) is 5.66. The molecule has 10 heteroatoms. The number of carbonyl (C=O) groups is 1. The topological polar surface area (TPSA) is 118 Å². The van der Waals surface area contributed by atoms with Gasteiger partial charge in [0.2, 0.25) is 5.91 Å². The van der Waals surface area contributed by atoms with Crippen LogP contribution in [-0.4, -0.2) is 45.6 Å². The van der Waals surface area contributed by atoms with Gasteiger partial charge in [-0.1, -0.05) is 19.3 Å². The van der Waals surface area contributed by atoms with Crippen molar-refractivity contribution in [3.63, 3.8) is 0 Å². The second-order valence-electron chi connectivity index (χ2n) is 9.93. The van der Waals surface area contributed by atoms with Gasteiger partial charge < -0.3 is 4.98 Å². The maximum atomic E-state index is 14.1. The summed E-state index contributed by atoms with van der Waals surface area (Å²) in [5, 5.41) is 10.3. The molecule has 0 saturated heterocycles. The van der Waals surface area contributed by atoms with Gasteiger partial charge in [0.1, 0.15) is 15.9 Å². The van der Waals surface area contributed by atoms with Crippen molar-refractivity contribution in [3.8, 4) is 0 Å². The summed E-state index contributed by atoms with van der Waals surface area (Å²) in [5.41, 5.74) is 5.32. The van der Waals surface area contributed by atoms with Crippen LogP contribution in [0.3, 0.4) is 0 Å². The lowest BCUT2D eigenvalue weighted by atomic mass is 9.88. The molecule has 7 aromatic heterocycles. The molecule has 7 aromatic rings. The molecular formula is C28H22N8OS. The summed E-state index contributed by atoms with van der Waals surface area (Å²) in [6.45, 7) is 0. The molecule has 1 aliphatic rings. The second-order valence-corrected chi connectivity index (χ2v) is 11.0. The lowest BCUT2D eigenvalue weighted by Crippen LogP contribution is -2.24. The number of aromatic amines is 2. The standard InChI is InChI=1S/C28H22N8OS/c37-28(15-4-2-1-3-5-15)36-17-8-16(10-29-11-17)20-9-18-21(14-31-20)34-35-26(18)27-32-22-13-30-12-19(25(22)33-27)23-6-7-24(36)38-23/h6-15H,1-5H2,(H,32,33)(H,34,35). The molecule has 8 rings (SSSR count). The summed E-state index contributed by atoms with van der Waals surface area (Å²) in [6, 6.07) is 8.07. The largest absolute Gasteiger partial charge is 0.335 e. The van der Waals surface area contributed by atoms with Crippen molar-refractivity contribution in [2.24, 2.45) is 5.92 Å². The number of aromatic nitrogens is 8. The third kappa shape index (κ3) is 3.30. The van der Waals surface area contributed by atoms with Gasteiger partial charge in [-0.2, -0.15) is 5.10 Å². The minimum Gasteiger partial charge on any atom is -0.335 e. The van der Waals surface area contributed by atoms with E-state index in [9.17, 15) is 4.79 Å². The first kappa shape index (κ1) is 21.6. The van der Waals surface area contributed by atoms with E-state index in [2.05, 4.69) is 30.1 Å². The number of nitrogens with zero attached hydrogens (tertiary/aromatic N) is 6. The third-order valence-electron chi connectivity index (χ3n) is 7.60. The van der Waals surface area contributed by atoms with Crippen LogP contribution in [-0.2, 0) is 0 Å². The Morgan fingerprint density at radius 1 is 0.921 bits per heavy atom. The van der Waals surface area contributed by atoms with Crippen LogP contribution in [0, 0.1) is 5.92 Å². The summed E-state index contributed by atoms with van der Waals surface area (Å²) in [4.78, 5) is 37.0. The van der Waals surface area contributed by atoms with Gasteiger partial charge in [-0.15, -0.1) is 11.3 Å². The highest BCUT2D eigenvalue weighted by Gasteiger charge is 2.24. The number of H-pyrrole nitrogens is 2. The number of fused-ring (bicyclic) bond motifs is 9. The Kier molecular flexibility index (Phi) is 4.72. The lowest BCUT2D eigenvalue weighted by molar-refractivity contribution is 0.0812. The predicted octanol–water partition coefficient (Wildman–Crippen LogP) is 6.44. The van der Waals surface area contributed by atoms with Crippen LogP contribution in [0.25, 0.3) is 64.4 Å². The SMILES string of the molecule is O=C(C1CCCCC1)n1c2cncc(c2)c2cc3c(cn2)[nH]nc3c2nc3c(cncc3c3ccc1s3)[nH]2. The quantitative estimate of drug-likeness (QED) is 0.258. The summed E-state index contributed by atoms with van der Waals surface area (Å²) in [6.07, 6.45) is 14.2. The highest BCUT2D eigenvalue weighted by molar-refractivity contribution is 7.24. The van der Waals surface area contributed by atoms with Crippen LogP contribution in [0.4, 0.5) is 0 Å². The summed E-state index contributed by atoms with van der Waals surface area (Å²) < 4.78 is 2.84. The molecule has 8 bridgehead atoms. The number of imidazole rings is 1. The first-order chi connectivity index (χ1) is 18.7. The Hall–Kier alpha value is -4.44. The number of thiophene rings is 1. The van der Waals surface area contributed by atoms with Crippen LogP contribution in [0.2, 0.25) is 0 Å². The van der Waals surface area contributed by atoms with Gasteiger partial charge in [0.15, 0.2) is 5.65 Å². The van der Waals surface area contributed by atoms with E-state index in [1.165, 1.54) is 6.42 Å². The zero-order valence-electron chi connectivity index (χ0n) is 20.3. The molecule has 0 aliphatic heterocycles. The normalized spacial score (nSPS) is 14.8. The molecule has 0 unspecified atom stereocenters. The van der Waals surface area contributed by atoms with Crippen molar-refractivity contribution < 1.29 is 4.79 Å². The monoisotopic (exact) mass is 518 g/mol. The van der Waals surface area contributed by atoms with Crippen LogP contribution in [0.1, 0.15) is 36.9 Å². The number of pyridine rings is 3. The van der Waals surface area contributed by atoms with Crippen molar-refractivity contribution >= 4 is 81.7 Å². The van der Waals surface area contributed by atoms with Crippen LogP contribution in [0.15, 0.2) is 55.2 Å². The molecule has 9 nitrogen and oxygen atoms in total. The molecule has 0 spiro atoms. The van der Waals surface area contributed by atoms with E-state index in [1.807, 2.05) is 35.0 Å². The van der Waals surface area contributed by atoms with Gasteiger partial charge in [0.05, 0.1) is 40.7 Å². The Labute approximate surface area is 219 Å². The van der Waals surface area contributed by atoms with Gasteiger partial charge in [0.25, 0.3) is 0 Å². The smallest absolute Gasteiger partial charge is 0.235 e. The Morgan fingerprint density at radius 3 is 2.74 bits per heavy atom. The van der Waals surface area contributed by atoms with E-state index >= 15 is 0 Å². The highest BCUT2D eigenvalue weighted by atomic mass is 32.1. The van der Waals surface area contributed by atoms with E-state index in [1.54, 1.807) is 36.1 Å². The molecule has 0 amide bonds. The number of nitrogens with one attached hydrogen (secondary N) is 2. The number of carbonyl (C=O) groups excluding carboxylic acids is 1. The van der Waals surface area contributed by atoms with Gasteiger partial charge in [0, 0.05) is 39.2 Å². The molecule has 2 N–H and O–H groups in total. The first-order valence-electron chi connectivity index (χ1n) is 12.8. The van der Waals surface area contributed by atoms with Gasteiger partial charge >= 0.3 is 0 Å². The molecule has 1 saturated carbocycles. The molecule has 1 aliphatic carbocycles. The highest BCUT2D eigenvalue weighted by Crippen LogP contribution is 2.32. The van der Waals surface area contributed by atoms with E-state index in [-0.39, 0.29) is 11.8 Å². The minimum absolute atomic E-state index is 0.00185. The van der Waals surface area contributed by atoms with Crippen molar-refractivity contribution in [2.75, 3.05) is 0 Å². The van der Waals surface area contributed by atoms with E-state index in [0.29, 0.717) is 11.2 Å². The Bertz CT molecular complexity index is 2110. The Morgan fingerprint density at radius 2 is 1.82 bits per heavy atom. The average Bonchev–Trinajstić information content (AvgIpc) is 3.71. The zero-order valence-corrected chi connectivity index (χ0v) is 21.1. The minimum atomic E-state index is 0.00185. The van der Waals surface area contributed by atoms with Gasteiger partial charge in [-0.05, 0) is 37.1 Å². The van der Waals surface area contributed by atoms with Crippen LogP contribution < -0.4 is 0 Å². The molecule has 0 atom stereocenters. The molecule has 186 valence electrons. The molecule has 38 heavy (non-hydrogen) atoms. The predicted molar refractivity (Wildman–Crippen MR) is 150 cm³/mol. The maximum Gasteiger partial charge on any atom is 0.235 e. The average molecular weight is 519 g/mol. The molecule has 0 aromatic carbocycles. The van der Waals surface area contributed by atoms with Crippen molar-refractivity contribution in [1.82, 2.24) is 39.7 Å². The summed E-state index contributed by atoms with van der Waals surface area (Å²) in [7, 11) is 0. The summed E-state index contributed by atoms with van der Waals surface area (Å²) >= 11 is 1.56. The van der Waals surface area contributed by atoms with E-state index in [4.69, 9.17) is 4.98 Å². The van der Waals surface area contributed by atoms with Crippen molar-refractivity contribution in [1.29, 1.82) is 0 Å². The maximum absolute atomic E-state index is 14.1. The fourth-order valence-corrected chi connectivity index (χ4v) is 6.70. The van der Waals surface area contributed by atoms with E-state index < -0.39 is 0 Å². The van der Waals surface area contributed by atoms with Crippen LogP contribution in [0.5, 0.6) is 0 Å². The summed E-state index contributed by atoms with van der Waals surface area (Å²) in [5.74, 6) is 0.127. The first-order valence-corrected chi connectivity index (χ1v) is 13.6. The van der Waals surface area contributed by atoms with Crippen molar-refractivity contribution in [2.45, 2.75) is 32.1 Å². The fraction of sp³-hybridized carbons (Fsp3) is 0.214. The molecule has 7 heterocycles. The van der Waals surface area contributed by atoms with Gasteiger partial charge in [-0.3, -0.25) is 29.4 Å². The van der Waals surface area contributed by atoms with Crippen LogP contribution >= 0.6 is 11.3 Å². The molecule has 1 fully saturated rings. The third-order valence-corrected chi connectivity index (χ3v) is 8.70.